The molecule has 0 aliphatic heterocycles. The van der Waals surface area contributed by atoms with E-state index in [4.69, 9.17) is 5.73 Å². The summed E-state index contributed by atoms with van der Waals surface area (Å²) in [5.74, 6) is 1.15. The molecule has 0 aliphatic rings. The average Bonchev–Trinajstić information content (AvgIpc) is 3.08. The lowest BCUT2D eigenvalue weighted by Crippen LogP contribution is -1.85. The van der Waals surface area contributed by atoms with Crippen LogP contribution in [0.4, 0.5) is 5.95 Å². The smallest absolute Gasteiger partial charge is 0.216 e. The number of hydrogen-bond acceptors (Lipinski definition) is 7. The zero-order valence-electron chi connectivity index (χ0n) is 9.78. The van der Waals surface area contributed by atoms with Gasteiger partial charge in [0.05, 0.1) is 11.1 Å². The number of rotatable bonds is 4. The normalized spacial score (nSPS) is 10.7. The van der Waals surface area contributed by atoms with Gasteiger partial charge in [0, 0.05) is 5.75 Å². The molecule has 0 fully saturated rings. The highest BCUT2D eigenvalue weighted by Gasteiger charge is 2.03. The molecule has 1 aromatic carbocycles. The number of nitrogen functional groups attached to an aromatic ring is 1. The summed E-state index contributed by atoms with van der Waals surface area (Å²) in [6.45, 7) is 0. The van der Waals surface area contributed by atoms with Crippen molar-refractivity contribution in [2.45, 2.75) is 10.9 Å². The van der Waals surface area contributed by atoms with Gasteiger partial charge in [0.2, 0.25) is 11.1 Å². The van der Waals surface area contributed by atoms with E-state index in [-0.39, 0.29) is 0 Å². The van der Waals surface area contributed by atoms with Crippen LogP contribution in [0.25, 0.3) is 10.4 Å². The first kappa shape index (κ1) is 12.1. The second-order valence-electron chi connectivity index (χ2n) is 3.77. The SMILES string of the molecule is Nc1nc(SCc2ccc(-c3cnns3)cc2)n[nH]1. The zero-order valence-corrected chi connectivity index (χ0v) is 11.4. The summed E-state index contributed by atoms with van der Waals surface area (Å²) >= 11 is 2.93. The van der Waals surface area contributed by atoms with Gasteiger partial charge in [0.1, 0.15) is 0 Å². The van der Waals surface area contributed by atoms with Gasteiger partial charge >= 0.3 is 0 Å². The predicted molar refractivity (Wildman–Crippen MR) is 75.7 cm³/mol. The third-order valence-corrected chi connectivity index (χ3v) is 4.08. The molecule has 0 unspecified atom stereocenters. The first-order valence-corrected chi connectivity index (χ1v) is 7.24. The van der Waals surface area contributed by atoms with Crippen LogP contribution in [-0.2, 0) is 5.75 Å². The molecule has 0 amide bonds. The fourth-order valence-corrected chi connectivity index (χ4v) is 2.81. The van der Waals surface area contributed by atoms with Crippen molar-refractivity contribution in [2.75, 3.05) is 5.73 Å². The Labute approximate surface area is 117 Å². The van der Waals surface area contributed by atoms with E-state index >= 15 is 0 Å². The van der Waals surface area contributed by atoms with Gasteiger partial charge in [0.25, 0.3) is 0 Å². The maximum atomic E-state index is 5.47. The molecule has 0 saturated heterocycles. The van der Waals surface area contributed by atoms with Crippen LogP contribution in [0.2, 0.25) is 0 Å². The number of aromatic nitrogens is 5. The van der Waals surface area contributed by atoms with Crippen molar-refractivity contribution >= 4 is 29.2 Å². The third-order valence-electron chi connectivity index (χ3n) is 2.45. The van der Waals surface area contributed by atoms with Crippen molar-refractivity contribution in [1.82, 2.24) is 24.8 Å². The van der Waals surface area contributed by atoms with Gasteiger partial charge in [-0.05, 0) is 22.7 Å². The van der Waals surface area contributed by atoms with Crippen LogP contribution in [-0.4, -0.2) is 24.8 Å². The molecule has 0 bridgehead atoms. The molecule has 0 spiro atoms. The zero-order chi connectivity index (χ0) is 13.1. The second-order valence-corrected chi connectivity index (χ2v) is 5.50. The minimum Gasteiger partial charge on any atom is -0.368 e. The highest BCUT2D eigenvalue weighted by Crippen LogP contribution is 2.24. The highest BCUT2D eigenvalue weighted by molar-refractivity contribution is 7.98. The van der Waals surface area contributed by atoms with Crippen LogP contribution in [0.15, 0.2) is 35.6 Å². The van der Waals surface area contributed by atoms with Crippen molar-refractivity contribution in [2.24, 2.45) is 0 Å². The van der Waals surface area contributed by atoms with Crippen LogP contribution in [0.1, 0.15) is 5.56 Å². The van der Waals surface area contributed by atoms with Gasteiger partial charge in [-0.1, -0.05) is 40.5 Å². The van der Waals surface area contributed by atoms with Crippen molar-refractivity contribution in [3.8, 4) is 10.4 Å². The number of benzene rings is 1. The van der Waals surface area contributed by atoms with Crippen LogP contribution in [0.5, 0.6) is 0 Å². The summed E-state index contributed by atoms with van der Waals surface area (Å²) in [6.07, 6.45) is 1.77. The van der Waals surface area contributed by atoms with Crippen LogP contribution in [0, 0.1) is 0 Å². The Balaban J connectivity index is 1.66. The monoisotopic (exact) mass is 290 g/mol. The van der Waals surface area contributed by atoms with Crippen LogP contribution in [0.3, 0.4) is 0 Å². The molecule has 3 aromatic rings. The van der Waals surface area contributed by atoms with E-state index in [1.165, 1.54) is 17.1 Å². The Morgan fingerprint density at radius 2 is 2.11 bits per heavy atom. The fourth-order valence-electron chi connectivity index (χ4n) is 1.53. The van der Waals surface area contributed by atoms with Crippen molar-refractivity contribution in [1.29, 1.82) is 0 Å². The van der Waals surface area contributed by atoms with Gasteiger partial charge < -0.3 is 5.73 Å². The standard InChI is InChI=1S/C11H10N6S2/c12-10-14-11(16-15-10)18-6-7-1-3-8(4-2-7)9-5-13-17-19-9/h1-5H,6H2,(H3,12,14,15,16). The van der Waals surface area contributed by atoms with Crippen LogP contribution < -0.4 is 5.73 Å². The number of nitrogens with zero attached hydrogens (tertiary/aromatic N) is 4. The third kappa shape index (κ3) is 2.91. The summed E-state index contributed by atoms with van der Waals surface area (Å²) in [4.78, 5) is 5.11. The number of nitrogens with one attached hydrogen (secondary N) is 1. The molecule has 3 rings (SSSR count). The Kier molecular flexibility index (Phi) is 3.43. The number of thioether (sulfide) groups is 1. The van der Waals surface area contributed by atoms with Gasteiger partial charge in [-0.2, -0.15) is 4.98 Å². The molecule has 8 heteroatoms. The topological polar surface area (TPSA) is 93.4 Å². The lowest BCUT2D eigenvalue weighted by molar-refractivity contribution is 0.973. The molecular weight excluding hydrogens is 280 g/mol. The van der Waals surface area contributed by atoms with E-state index in [1.54, 1.807) is 18.0 Å². The van der Waals surface area contributed by atoms with Gasteiger partial charge in [0.15, 0.2) is 0 Å². The second kappa shape index (κ2) is 5.37. The Bertz CT molecular complexity index is 646. The van der Waals surface area contributed by atoms with E-state index in [9.17, 15) is 0 Å². The lowest BCUT2D eigenvalue weighted by Gasteiger charge is -2.00. The molecule has 3 N–H and O–H groups in total. The minimum atomic E-state index is 0.343. The van der Waals surface area contributed by atoms with Gasteiger partial charge in [-0.3, -0.25) is 0 Å². The number of H-pyrrole nitrogens is 1. The Morgan fingerprint density at radius 1 is 1.26 bits per heavy atom. The van der Waals surface area contributed by atoms with E-state index in [1.807, 2.05) is 0 Å². The molecule has 6 nitrogen and oxygen atoms in total. The molecule has 96 valence electrons. The summed E-state index contributed by atoms with van der Waals surface area (Å²) in [5.41, 5.74) is 7.80. The molecule has 0 aliphatic carbocycles. The molecule has 2 aromatic heterocycles. The predicted octanol–water partition coefficient (Wildman–Crippen LogP) is 2.20. The summed E-state index contributed by atoms with van der Waals surface area (Å²) in [7, 11) is 0. The minimum absolute atomic E-state index is 0.343. The van der Waals surface area contributed by atoms with E-state index in [0.717, 1.165) is 16.2 Å². The van der Waals surface area contributed by atoms with E-state index in [0.29, 0.717) is 11.1 Å². The fraction of sp³-hybridized carbons (Fsp3) is 0.0909. The molecule has 0 radical (unpaired) electrons. The average molecular weight is 290 g/mol. The number of nitrogens with two attached hydrogens (primary N) is 1. The molecule has 0 saturated carbocycles. The first-order valence-electron chi connectivity index (χ1n) is 5.48. The molecular formula is C11H10N6S2. The maximum absolute atomic E-state index is 5.47. The number of anilines is 1. The van der Waals surface area contributed by atoms with Crippen molar-refractivity contribution in [3.63, 3.8) is 0 Å². The molecule has 0 atom stereocenters. The quantitative estimate of drug-likeness (QED) is 0.715. The highest BCUT2D eigenvalue weighted by atomic mass is 32.2. The molecule has 19 heavy (non-hydrogen) atoms. The maximum Gasteiger partial charge on any atom is 0.216 e. The van der Waals surface area contributed by atoms with Crippen molar-refractivity contribution in [3.05, 3.63) is 36.0 Å². The largest absolute Gasteiger partial charge is 0.368 e. The lowest BCUT2D eigenvalue weighted by atomic mass is 10.1. The van der Waals surface area contributed by atoms with E-state index in [2.05, 4.69) is 49.0 Å². The van der Waals surface area contributed by atoms with Gasteiger partial charge in [-0.15, -0.1) is 10.2 Å². The van der Waals surface area contributed by atoms with Crippen molar-refractivity contribution < 1.29 is 0 Å². The molecule has 2 heterocycles. The Morgan fingerprint density at radius 3 is 2.74 bits per heavy atom. The Hall–Kier alpha value is -1.93. The number of hydrogen-bond donors (Lipinski definition) is 2. The first-order chi connectivity index (χ1) is 9.31. The van der Waals surface area contributed by atoms with Crippen LogP contribution >= 0.6 is 23.3 Å². The summed E-state index contributed by atoms with van der Waals surface area (Å²) < 4.78 is 3.86. The van der Waals surface area contributed by atoms with E-state index < -0.39 is 0 Å². The number of aromatic amines is 1. The summed E-state index contributed by atoms with van der Waals surface area (Å²) in [5, 5.41) is 11.1. The summed E-state index contributed by atoms with van der Waals surface area (Å²) in [6, 6.07) is 8.30. The van der Waals surface area contributed by atoms with Gasteiger partial charge in [-0.25, -0.2) is 5.10 Å².